The van der Waals surface area contributed by atoms with Gasteiger partial charge in [-0.2, -0.15) is 5.10 Å². The Balaban J connectivity index is 2.30. The van der Waals surface area contributed by atoms with Gasteiger partial charge < -0.3 is 5.32 Å². The molecular weight excluding hydrogens is 250 g/mol. The van der Waals surface area contributed by atoms with Crippen LogP contribution in [0.5, 0.6) is 0 Å². The summed E-state index contributed by atoms with van der Waals surface area (Å²) in [5, 5.41) is 7.14. The molecular formula is C13H14ClN3O. The highest BCUT2D eigenvalue weighted by Crippen LogP contribution is 2.20. The third kappa shape index (κ3) is 2.24. The van der Waals surface area contributed by atoms with Crippen molar-refractivity contribution in [1.29, 1.82) is 0 Å². The molecule has 0 radical (unpaired) electrons. The molecule has 18 heavy (non-hydrogen) atoms. The minimum atomic E-state index is -0.256. The van der Waals surface area contributed by atoms with Gasteiger partial charge in [-0.15, -0.1) is 0 Å². The van der Waals surface area contributed by atoms with Gasteiger partial charge in [0.15, 0.2) is 0 Å². The second-order valence-corrected chi connectivity index (χ2v) is 4.57. The van der Waals surface area contributed by atoms with Gasteiger partial charge in [0.2, 0.25) is 0 Å². The summed E-state index contributed by atoms with van der Waals surface area (Å²) in [6.45, 7) is 3.97. The highest BCUT2D eigenvalue weighted by atomic mass is 35.5. The van der Waals surface area contributed by atoms with Gasteiger partial charge in [-0.3, -0.25) is 9.48 Å². The number of aromatic nitrogens is 2. The fraction of sp³-hybridized carbons (Fsp3) is 0.231. The van der Waals surface area contributed by atoms with Crippen LogP contribution in [0.15, 0.2) is 24.4 Å². The van der Waals surface area contributed by atoms with Crippen molar-refractivity contribution in [2.24, 2.45) is 7.05 Å². The maximum Gasteiger partial charge on any atom is 0.275 e. The monoisotopic (exact) mass is 263 g/mol. The Morgan fingerprint density at radius 3 is 2.72 bits per heavy atom. The van der Waals surface area contributed by atoms with Crippen LogP contribution in [0.25, 0.3) is 0 Å². The number of carbonyl (C=O) groups excluding carboxylic acids is 1. The maximum atomic E-state index is 12.1. The number of aryl methyl sites for hydroxylation is 2. The van der Waals surface area contributed by atoms with Crippen LogP contribution in [0.2, 0.25) is 5.02 Å². The van der Waals surface area contributed by atoms with E-state index in [9.17, 15) is 4.79 Å². The van der Waals surface area contributed by atoms with Crippen LogP contribution in [-0.2, 0) is 7.05 Å². The Morgan fingerprint density at radius 1 is 1.39 bits per heavy atom. The molecule has 1 aromatic carbocycles. The number of hydrogen-bond acceptors (Lipinski definition) is 2. The molecule has 2 rings (SSSR count). The van der Waals surface area contributed by atoms with Gasteiger partial charge in [0.25, 0.3) is 5.91 Å². The Labute approximate surface area is 111 Å². The lowest BCUT2D eigenvalue weighted by atomic mass is 10.1. The summed E-state index contributed by atoms with van der Waals surface area (Å²) in [5.41, 5.74) is 3.32. The van der Waals surface area contributed by atoms with E-state index in [0.29, 0.717) is 10.7 Å². The molecule has 0 aliphatic rings. The Hall–Kier alpha value is -1.81. The standard InChI is InChI=1S/C13H14ClN3O/c1-8-5-4-6-11(9(8)2)16-13(18)12-10(14)7-15-17(12)3/h4-7H,1-3H3,(H,16,18). The zero-order chi connectivity index (χ0) is 13.3. The Kier molecular flexibility index (Phi) is 3.39. The molecule has 0 aliphatic carbocycles. The first kappa shape index (κ1) is 12.6. The van der Waals surface area contributed by atoms with Gasteiger partial charge in [0, 0.05) is 12.7 Å². The minimum absolute atomic E-state index is 0.256. The zero-order valence-corrected chi connectivity index (χ0v) is 11.2. The third-order valence-corrected chi connectivity index (χ3v) is 3.24. The number of nitrogens with zero attached hydrogens (tertiary/aromatic N) is 2. The number of nitrogens with one attached hydrogen (secondary N) is 1. The number of benzene rings is 1. The molecule has 0 aliphatic heterocycles. The molecule has 0 unspecified atom stereocenters. The molecule has 2 aromatic rings. The molecule has 1 heterocycles. The van der Waals surface area contributed by atoms with Crippen molar-refractivity contribution >= 4 is 23.2 Å². The normalized spacial score (nSPS) is 10.4. The van der Waals surface area contributed by atoms with Gasteiger partial charge in [0.1, 0.15) is 5.69 Å². The molecule has 4 nitrogen and oxygen atoms in total. The number of hydrogen-bond donors (Lipinski definition) is 1. The molecule has 0 fully saturated rings. The van der Waals surface area contributed by atoms with Crippen LogP contribution >= 0.6 is 11.6 Å². The summed E-state index contributed by atoms with van der Waals surface area (Å²) in [4.78, 5) is 12.1. The second-order valence-electron chi connectivity index (χ2n) is 4.17. The van der Waals surface area contributed by atoms with Crippen molar-refractivity contribution in [3.8, 4) is 0 Å². The summed E-state index contributed by atoms with van der Waals surface area (Å²) in [7, 11) is 1.68. The van der Waals surface area contributed by atoms with Crippen molar-refractivity contribution in [3.05, 3.63) is 46.2 Å². The largest absolute Gasteiger partial charge is 0.320 e. The average molecular weight is 264 g/mol. The van der Waals surface area contributed by atoms with E-state index in [-0.39, 0.29) is 5.91 Å². The van der Waals surface area contributed by atoms with Crippen molar-refractivity contribution in [2.75, 3.05) is 5.32 Å². The number of rotatable bonds is 2. The fourth-order valence-corrected chi connectivity index (χ4v) is 1.99. The number of amides is 1. The van der Waals surface area contributed by atoms with E-state index in [4.69, 9.17) is 11.6 Å². The second kappa shape index (κ2) is 4.82. The third-order valence-electron chi connectivity index (χ3n) is 2.96. The lowest BCUT2D eigenvalue weighted by Crippen LogP contribution is -2.17. The predicted octanol–water partition coefficient (Wildman–Crippen LogP) is 2.94. The number of anilines is 1. The molecule has 1 N–H and O–H groups in total. The van der Waals surface area contributed by atoms with Crippen LogP contribution < -0.4 is 5.32 Å². The van der Waals surface area contributed by atoms with E-state index < -0.39 is 0 Å². The van der Waals surface area contributed by atoms with Gasteiger partial charge in [0.05, 0.1) is 11.2 Å². The molecule has 1 amide bonds. The smallest absolute Gasteiger partial charge is 0.275 e. The summed E-state index contributed by atoms with van der Waals surface area (Å²) in [6, 6.07) is 5.77. The molecule has 1 aromatic heterocycles. The quantitative estimate of drug-likeness (QED) is 0.906. The van der Waals surface area contributed by atoms with E-state index in [1.807, 2.05) is 32.0 Å². The van der Waals surface area contributed by atoms with Gasteiger partial charge in [-0.1, -0.05) is 23.7 Å². The minimum Gasteiger partial charge on any atom is -0.320 e. The van der Waals surface area contributed by atoms with Crippen LogP contribution in [-0.4, -0.2) is 15.7 Å². The Morgan fingerprint density at radius 2 is 2.11 bits per heavy atom. The van der Waals surface area contributed by atoms with Gasteiger partial charge >= 0.3 is 0 Å². The molecule has 0 spiro atoms. The molecule has 0 bridgehead atoms. The van der Waals surface area contributed by atoms with Crippen LogP contribution in [0, 0.1) is 13.8 Å². The first-order chi connectivity index (χ1) is 8.50. The predicted molar refractivity (Wildman–Crippen MR) is 72.1 cm³/mol. The number of carbonyl (C=O) groups is 1. The average Bonchev–Trinajstić information content (AvgIpc) is 2.65. The van der Waals surface area contributed by atoms with E-state index >= 15 is 0 Å². The Bertz CT molecular complexity index is 585. The highest BCUT2D eigenvalue weighted by Gasteiger charge is 2.16. The SMILES string of the molecule is Cc1cccc(NC(=O)c2c(Cl)cnn2C)c1C. The van der Waals surface area contributed by atoms with E-state index in [1.165, 1.54) is 10.9 Å². The first-order valence-electron chi connectivity index (χ1n) is 5.55. The summed E-state index contributed by atoms with van der Waals surface area (Å²) < 4.78 is 1.46. The molecule has 0 saturated heterocycles. The van der Waals surface area contributed by atoms with Crippen molar-refractivity contribution in [1.82, 2.24) is 9.78 Å². The maximum absolute atomic E-state index is 12.1. The zero-order valence-electron chi connectivity index (χ0n) is 10.5. The lowest BCUT2D eigenvalue weighted by molar-refractivity contribution is 0.101. The molecule has 5 heteroatoms. The van der Waals surface area contributed by atoms with Gasteiger partial charge in [-0.05, 0) is 31.0 Å². The highest BCUT2D eigenvalue weighted by molar-refractivity contribution is 6.34. The van der Waals surface area contributed by atoms with Crippen LogP contribution in [0.1, 0.15) is 21.6 Å². The van der Waals surface area contributed by atoms with E-state index in [1.54, 1.807) is 7.05 Å². The van der Waals surface area contributed by atoms with Crippen molar-refractivity contribution in [3.63, 3.8) is 0 Å². The van der Waals surface area contributed by atoms with E-state index in [2.05, 4.69) is 10.4 Å². The summed E-state index contributed by atoms with van der Waals surface area (Å²) in [6.07, 6.45) is 1.46. The topological polar surface area (TPSA) is 46.9 Å². The van der Waals surface area contributed by atoms with E-state index in [0.717, 1.165) is 16.8 Å². The summed E-state index contributed by atoms with van der Waals surface area (Å²) in [5.74, 6) is -0.256. The molecule has 0 atom stereocenters. The fourth-order valence-electron chi connectivity index (χ4n) is 1.73. The van der Waals surface area contributed by atoms with Crippen LogP contribution in [0.4, 0.5) is 5.69 Å². The first-order valence-corrected chi connectivity index (χ1v) is 5.93. The van der Waals surface area contributed by atoms with Crippen molar-refractivity contribution < 1.29 is 4.79 Å². The molecule has 94 valence electrons. The summed E-state index contributed by atoms with van der Waals surface area (Å²) >= 11 is 5.93. The van der Waals surface area contributed by atoms with Gasteiger partial charge in [-0.25, -0.2) is 0 Å². The van der Waals surface area contributed by atoms with Crippen LogP contribution in [0.3, 0.4) is 0 Å². The molecule has 0 saturated carbocycles. The van der Waals surface area contributed by atoms with Crippen molar-refractivity contribution in [2.45, 2.75) is 13.8 Å². The lowest BCUT2D eigenvalue weighted by Gasteiger charge is -2.10. The number of halogens is 1.